The summed E-state index contributed by atoms with van der Waals surface area (Å²) < 4.78 is 0. The highest BCUT2D eigenvalue weighted by atomic mass is 15.1. The number of hydrogen-bond acceptors (Lipinski definition) is 2. The second kappa shape index (κ2) is 8.10. The zero-order valence-electron chi connectivity index (χ0n) is 12.3. The van der Waals surface area contributed by atoms with Crippen LogP contribution in [0, 0.1) is 5.92 Å². The molecule has 1 rings (SSSR count). The maximum atomic E-state index is 3.72. The maximum Gasteiger partial charge on any atom is 0.00670 e. The molecule has 1 atom stereocenters. The van der Waals surface area contributed by atoms with Gasteiger partial charge in [0.1, 0.15) is 0 Å². The minimum atomic E-state index is 0.672. The van der Waals surface area contributed by atoms with Gasteiger partial charge >= 0.3 is 0 Å². The summed E-state index contributed by atoms with van der Waals surface area (Å²) in [6.45, 7) is 9.29. The van der Waals surface area contributed by atoms with Crippen molar-refractivity contribution in [1.29, 1.82) is 0 Å². The monoisotopic (exact) mass is 240 g/mol. The van der Waals surface area contributed by atoms with Gasteiger partial charge < -0.3 is 10.2 Å². The minimum absolute atomic E-state index is 0.672. The molecule has 0 saturated heterocycles. The van der Waals surface area contributed by atoms with Crippen LogP contribution < -0.4 is 5.32 Å². The highest BCUT2D eigenvalue weighted by molar-refractivity contribution is 4.75. The molecule has 0 aromatic carbocycles. The van der Waals surface area contributed by atoms with Gasteiger partial charge in [0, 0.05) is 12.1 Å². The molecule has 1 aliphatic carbocycles. The molecule has 1 saturated carbocycles. The van der Waals surface area contributed by atoms with Crippen molar-refractivity contribution in [3.05, 3.63) is 0 Å². The van der Waals surface area contributed by atoms with Gasteiger partial charge in [0.25, 0.3) is 0 Å². The predicted molar refractivity (Wildman–Crippen MR) is 76.4 cm³/mol. The second-order valence-electron chi connectivity index (χ2n) is 6.07. The van der Waals surface area contributed by atoms with E-state index in [2.05, 4.69) is 38.0 Å². The van der Waals surface area contributed by atoms with E-state index >= 15 is 0 Å². The first-order chi connectivity index (χ1) is 8.11. The summed E-state index contributed by atoms with van der Waals surface area (Å²) in [7, 11) is 2.22. The standard InChI is InChI=1S/C15H32N2/c1-13(2)17(4)12-8-11-16-14(3)15-9-6-5-7-10-15/h13-16H,5-12H2,1-4H3. The normalized spacial score (nSPS) is 20.1. The molecule has 0 spiro atoms. The summed E-state index contributed by atoms with van der Waals surface area (Å²) >= 11 is 0. The molecule has 0 bridgehead atoms. The van der Waals surface area contributed by atoms with Crippen LogP contribution in [-0.4, -0.2) is 37.1 Å². The van der Waals surface area contributed by atoms with Gasteiger partial charge in [-0.25, -0.2) is 0 Å². The van der Waals surface area contributed by atoms with E-state index in [9.17, 15) is 0 Å². The molecule has 0 radical (unpaired) electrons. The van der Waals surface area contributed by atoms with Gasteiger partial charge in [0.15, 0.2) is 0 Å². The number of hydrogen-bond donors (Lipinski definition) is 1. The van der Waals surface area contributed by atoms with Crippen LogP contribution in [0.3, 0.4) is 0 Å². The Balaban J connectivity index is 2.05. The fourth-order valence-electron chi connectivity index (χ4n) is 2.72. The van der Waals surface area contributed by atoms with Crippen LogP contribution in [-0.2, 0) is 0 Å². The van der Waals surface area contributed by atoms with E-state index in [4.69, 9.17) is 0 Å². The van der Waals surface area contributed by atoms with Gasteiger partial charge in [-0.05, 0) is 66.1 Å². The summed E-state index contributed by atoms with van der Waals surface area (Å²) in [6, 6.07) is 1.39. The van der Waals surface area contributed by atoms with Gasteiger partial charge in [0.2, 0.25) is 0 Å². The Kier molecular flexibility index (Phi) is 7.14. The highest BCUT2D eigenvalue weighted by Gasteiger charge is 2.19. The molecule has 0 heterocycles. The smallest absolute Gasteiger partial charge is 0.00670 e. The van der Waals surface area contributed by atoms with E-state index in [1.54, 1.807) is 0 Å². The van der Waals surface area contributed by atoms with Crippen molar-refractivity contribution >= 4 is 0 Å². The molecule has 0 aliphatic heterocycles. The molecule has 0 amide bonds. The van der Waals surface area contributed by atoms with E-state index in [0.717, 1.165) is 12.0 Å². The number of nitrogens with zero attached hydrogens (tertiary/aromatic N) is 1. The van der Waals surface area contributed by atoms with Crippen molar-refractivity contribution in [3.8, 4) is 0 Å². The van der Waals surface area contributed by atoms with Crippen molar-refractivity contribution in [1.82, 2.24) is 10.2 Å². The lowest BCUT2D eigenvalue weighted by atomic mass is 9.84. The summed E-state index contributed by atoms with van der Waals surface area (Å²) in [5, 5.41) is 3.72. The molecule has 1 unspecified atom stereocenters. The molecule has 2 heteroatoms. The van der Waals surface area contributed by atoms with Crippen LogP contribution in [0.5, 0.6) is 0 Å². The fraction of sp³-hybridized carbons (Fsp3) is 1.00. The third kappa shape index (κ3) is 5.87. The lowest BCUT2D eigenvalue weighted by Crippen LogP contribution is -2.37. The Morgan fingerprint density at radius 3 is 2.35 bits per heavy atom. The Labute approximate surface area is 108 Å². The fourth-order valence-corrected chi connectivity index (χ4v) is 2.72. The van der Waals surface area contributed by atoms with Gasteiger partial charge in [-0.3, -0.25) is 0 Å². The highest BCUT2D eigenvalue weighted by Crippen LogP contribution is 2.26. The molecule has 0 aromatic heterocycles. The van der Waals surface area contributed by atoms with Crippen molar-refractivity contribution in [2.45, 2.75) is 71.4 Å². The van der Waals surface area contributed by atoms with Crippen molar-refractivity contribution < 1.29 is 0 Å². The van der Waals surface area contributed by atoms with Gasteiger partial charge in [-0.2, -0.15) is 0 Å². The number of nitrogens with one attached hydrogen (secondary N) is 1. The van der Waals surface area contributed by atoms with Crippen molar-refractivity contribution in [2.24, 2.45) is 5.92 Å². The minimum Gasteiger partial charge on any atom is -0.314 e. The van der Waals surface area contributed by atoms with Gasteiger partial charge in [-0.15, -0.1) is 0 Å². The molecule has 0 aromatic rings. The van der Waals surface area contributed by atoms with E-state index < -0.39 is 0 Å². The lowest BCUT2D eigenvalue weighted by Gasteiger charge is -2.29. The first kappa shape index (κ1) is 15.0. The molecule has 102 valence electrons. The SMILES string of the molecule is CC(NCCCN(C)C(C)C)C1CCCCC1. The number of rotatable bonds is 7. The predicted octanol–water partition coefficient (Wildman–Crippen LogP) is 3.28. The molecule has 2 nitrogen and oxygen atoms in total. The van der Waals surface area contributed by atoms with Crippen LogP contribution in [0.2, 0.25) is 0 Å². The van der Waals surface area contributed by atoms with Crippen LogP contribution >= 0.6 is 0 Å². The van der Waals surface area contributed by atoms with Crippen molar-refractivity contribution in [2.75, 3.05) is 20.1 Å². The van der Waals surface area contributed by atoms with Gasteiger partial charge in [-0.1, -0.05) is 19.3 Å². The molecule has 1 fully saturated rings. The van der Waals surface area contributed by atoms with Crippen LogP contribution in [0.4, 0.5) is 0 Å². The quantitative estimate of drug-likeness (QED) is 0.687. The molecular formula is C15H32N2. The van der Waals surface area contributed by atoms with Crippen molar-refractivity contribution in [3.63, 3.8) is 0 Å². The van der Waals surface area contributed by atoms with Gasteiger partial charge in [0.05, 0.1) is 0 Å². The average molecular weight is 240 g/mol. The Hall–Kier alpha value is -0.0800. The van der Waals surface area contributed by atoms with E-state index in [1.165, 1.54) is 51.6 Å². The topological polar surface area (TPSA) is 15.3 Å². The summed E-state index contributed by atoms with van der Waals surface area (Å²) in [5.74, 6) is 0.937. The molecular weight excluding hydrogens is 208 g/mol. The lowest BCUT2D eigenvalue weighted by molar-refractivity contribution is 0.254. The third-order valence-electron chi connectivity index (χ3n) is 4.39. The first-order valence-corrected chi connectivity index (χ1v) is 7.55. The van der Waals surface area contributed by atoms with E-state index in [-0.39, 0.29) is 0 Å². The van der Waals surface area contributed by atoms with E-state index in [1.807, 2.05) is 0 Å². The molecule has 1 N–H and O–H groups in total. The Morgan fingerprint density at radius 1 is 1.12 bits per heavy atom. The average Bonchev–Trinajstić information content (AvgIpc) is 2.35. The Morgan fingerprint density at radius 2 is 1.76 bits per heavy atom. The third-order valence-corrected chi connectivity index (χ3v) is 4.39. The van der Waals surface area contributed by atoms with Crippen LogP contribution in [0.15, 0.2) is 0 Å². The second-order valence-corrected chi connectivity index (χ2v) is 6.07. The zero-order chi connectivity index (χ0) is 12.7. The zero-order valence-corrected chi connectivity index (χ0v) is 12.3. The van der Waals surface area contributed by atoms with E-state index in [0.29, 0.717) is 6.04 Å². The molecule has 17 heavy (non-hydrogen) atoms. The first-order valence-electron chi connectivity index (χ1n) is 7.55. The molecule has 1 aliphatic rings. The largest absolute Gasteiger partial charge is 0.314 e. The summed E-state index contributed by atoms with van der Waals surface area (Å²) in [5.41, 5.74) is 0. The maximum absolute atomic E-state index is 3.72. The van der Waals surface area contributed by atoms with Crippen LogP contribution in [0.25, 0.3) is 0 Å². The summed E-state index contributed by atoms with van der Waals surface area (Å²) in [4.78, 5) is 2.42. The Bertz CT molecular complexity index is 185. The summed E-state index contributed by atoms with van der Waals surface area (Å²) in [6.07, 6.45) is 8.52. The van der Waals surface area contributed by atoms with Crippen LogP contribution in [0.1, 0.15) is 59.3 Å².